The summed E-state index contributed by atoms with van der Waals surface area (Å²) in [6.07, 6.45) is 3.70. The van der Waals surface area contributed by atoms with Crippen LogP contribution in [0.25, 0.3) is 5.69 Å². The van der Waals surface area contributed by atoms with Crippen LogP contribution < -0.4 is 9.64 Å². The van der Waals surface area contributed by atoms with Crippen molar-refractivity contribution in [2.45, 2.75) is 49.1 Å². The van der Waals surface area contributed by atoms with E-state index in [1.165, 1.54) is 10.2 Å². The van der Waals surface area contributed by atoms with Gasteiger partial charge in [0.1, 0.15) is 17.6 Å². The summed E-state index contributed by atoms with van der Waals surface area (Å²) in [4.78, 5) is 30.3. The molecule has 7 rings (SSSR count). The molecule has 2 aromatic carbocycles. The highest BCUT2D eigenvalue weighted by Crippen LogP contribution is 2.55. The van der Waals surface area contributed by atoms with Crippen LogP contribution in [-0.2, 0) is 10.8 Å². The Bertz CT molecular complexity index is 1460. The van der Waals surface area contributed by atoms with E-state index in [4.69, 9.17) is 4.74 Å². The highest BCUT2D eigenvalue weighted by molar-refractivity contribution is 6.10. The second-order valence-corrected chi connectivity index (χ2v) is 11.6. The summed E-state index contributed by atoms with van der Waals surface area (Å²) in [5, 5.41) is 14.4. The van der Waals surface area contributed by atoms with Crippen molar-refractivity contribution in [1.82, 2.24) is 14.7 Å². The standard InChI is InChI=1S/C30H31FN4O4/c1-39-23-8-6-22(7-9-23)35-26-24(25(32-35)28(37)38)30(13-14-30)18-34(27(26)36)21-4-2-19(3-5-21)29(11-12-29)17-33-15-10-20(31)16-33/h2-9,20H,10-18H2,1H3,(H,37,38)/t20-/m1/s1. The number of nitrogens with zero attached hydrogens (tertiary/aromatic N) is 4. The molecule has 2 aliphatic heterocycles. The first-order valence-corrected chi connectivity index (χ1v) is 13.6. The number of carbonyl (C=O) groups excluding carboxylic acids is 1. The van der Waals surface area contributed by atoms with E-state index in [1.54, 1.807) is 36.3 Å². The number of methoxy groups -OCH3 is 1. The number of hydrogen-bond acceptors (Lipinski definition) is 5. The van der Waals surface area contributed by atoms with Crippen molar-refractivity contribution in [2.24, 2.45) is 0 Å². The largest absolute Gasteiger partial charge is 0.497 e. The summed E-state index contributed by atoms with van der Waals surface area (Å²) in [5.41, 5.74) is 3.12. The van der Waals surface area contributed by atoms with Crippen LogP contribution in [-0.4, -0.2) is 71.1 Å². The molecule has 3 aromatic rings. The highest BCUT2D eigenvalue weighted by Gasteiger charge is 2.56. The zero-order chi connectivity index (χ0) is 26.9. The smallest absolute Gasteiger partial charge is 0.356 e. The Morgan fingerprint density at radius 2 is 1.77 bits per heavy atom. The molecule has 1 saturated heterocycles. The lowest BCUT2D eigenvalue weighted by molar-refractivity contribution is 0.0688. The van der Waals surface area contributed by atoms with Gasteiger partial charge in [-0.2, -0.15) is 5.10 Å². The SMILES string of the molecule is COc1ccc(-n2nc(C(=O)O)c3c2C(=O)N(c2ccc(C4(CN5CC[C@@H](F)C5)CC4)cc2)CC32CC2)cc1. The Balaban J connectivity index is 1.23. The normalized spacial score (nSPS) is 22.7. The van der Waals surface area contributed by atoms with Gasteiger partial charge in [0.15, 0.2) is 5.69 Å². The van der Waals surface area contributed by atoms with Gasteiger partial charge in [-0.3, -0.25) is 9.69 Å². The summed E-state index contributed by atoms with van der Waals surface area (Å²) >= 11 is 0. The first-order valence-electron chi connectivity index (χ1n) is 13.6. The molecule has 4 aliphatic rings. The van der Waals surface area contributed by atoms with Crippen LogP contribution in [0.1, 0.15) is 64.2 Å². The lowest BCUT2D eigenvalue weighted by atomic mass is 9.88. The maximum absolute atomic E-state index is 14.0. The van der Waals surface area contributed by atoms with Crippen molar-refractivity contribution in [1.29, 1.82) is 0 Å². The molecule has 0 bridgehead atoms. The predicted octanol–water partition coefficient (Wildman–Crippen LogP) is 4.35. The number of carbonyl (C=O) groups is 2. The molecule has 1 spiro atoms. The van der Waals surface area contributed by atoms with Gasteiger partial charge in [-0.05, 0) is 74.1 Å². The lowest BCUT2D eigenvalue weighted by Crippen LogP contribution is -2.44. The maximum atomic E-state index is 14.0. The third-order valence-electron chi connectivity index (χ3n) is 9.08. The van der Waals surface area contributed by atoms with Crippen LogP contribution in [0.3, 0.4) is 0 Å². The molecule has 3 heterocycles. The number of likely N-dealkylation sites (tertiary alicyclic amines) is 1. The molecule has 1 amide bonds. The van der Waals surface area contributed by atoms with E-state index in [-0.39, 0.29) is 17.0 Å². The molecule has 0 unspecified atom stereocenters. The molecule has 1 atom stereocenters. The summed E-state index contributed by atoms with van der Waals surface area (Å²) in [6.45, 7) is 2.64. The Kier molecular flexibility index (Phi) is 5.39. The van der Waals surface area contributed by atoms with Crippen molar-refractivity contribution < 1.29 is 23.8 Å². The summed E-state index contributed by atoms with van der Waals surface area (Å²) in [5.74, 6) is -0.715. The first kappa shape index (κ1) is 24.3. The lowest BCUT2D eigenvalue weighted by Gasteiger charge is -2.34. The Morgan fingerprint density at radius 3 is 2.33 bits per heavy atom. The number of amides is 1. The molecule has 2 aliphatic carbocycles. The molecule has 3 fully saturated rings. The van der Waals surface area contributed by atoms with Gasteiger partial charge in [0.2, 0.25) is 0 Å². The molecule has 8 nitrogen and oxygen atoms in total. The molecule has 1 aromatic heterocycles. The minimum atomic E-state index is -1.12. The van der Waals surface area contributed by atoms with Crippen molar-refractivity contribution in [3.8, 4) is 11.4 Å². The number of benzene rings is 2. The van der Waals surface area contributed by atoms with Gasteiger partial charge in [0, 0.05) is 48.3 Å². The zero-order valence-electron chi connectivity index (χ0n) is 21.9. The Hall–Kier alpha value is -3.72. The number of fused-ring (bicyclic) bond motifs is 2. The molecule has 202 valence electrons. The van der Waals surface area contributed by atoms with Gasteiger partial charge >= 0.3 is 5.97 Å². The average Bonchev–Trinajstić information content (AvgIpc) is 3.82. The van der Waals surface area contributed by atoms with Gasteiger partial charge in [0.25, 0.3) is 5.91 Å². The van der Waals surface area contributed by atoms with Gasteiger partial charge in [0.05, 0.1) is 12.8 Å². The van der Waals surface area contributed by atoms with E-state index in [9.17, 15) is 19.1 Å². The van der Waals surface area contributed by atoms with E-state index in [0.717, 1.165) is 44.5 Å². The fourth-order valence-corrected chi connectivity index (χ4v) is 6.57. The fourth-order valence-electron chi connectivity index (χ4n) is 6.57. The maximum Gasteiger partial charge on any atom is 0.356 e. The highest BCUT2D eigenvalue weighted by atomic mass is 19.1. The van der Waals surface area contributed by atoms with Crippen LogP contribution in [0.2, 0.25) is 0 Å². The average molecular weight is 531 g/mol. The van der Waals surface area contributed by atoms with E-state index in [2.05, 4.69) is 22.1 Å². The van der Waals surface area contributed by atoms with Gasteiger partial charge in [-0.25, -0.2) is 13.9 Å². The molecular formula is C30H31FN4O4. The fraction of sp³-hybridized carbons (Fsp3) is 0.433. The summed E-state index contributed by atoms with van der Waals surface area (Å²) in [6, 6.07) is 15.3. The predicted molar refractivity (Wildman–Crippen MR) is 143 cm³/mol. The topological polar surface area (TPSA) is 87.9 Å². The Morgan fingerprint density at radius 1 is 1.08 bits per heavy atom. The van der Waals surface area contributed by atoms with Crippen LogP contribution in [0.15, 0.2) is 48.5 Å². The molecular weight excluding hydrogens is 499 g/mol. The number of alkyl halides is 1. The van der Waals surface area contributed by atoms with Crippen molar-refractivity contribution in [3.05, 3.63) is 71.0 Å². The van der Waals surface area contributed by atoms with E-state index in [0.29, 0.717) is 42.2 Å². The number of halogens is 1. The molecule has 2 saturated carbocycles. The quantitative estimate of drug-likeness (QED) is 0.489. The monoisotopic (exact) mass is 530 g/mol. The third kappa shape index (κ3) is 3.93. The summed E-state index contributed by atoms with van der Waals surface area (Å²) in [7, 11) is 1.58. The number of carboxylic acids is 1. The van der Waals surface area contributed by atoms with E-state index < -0.39 is 17.6 Å². The van der Waals surface area contributed by atoms with Gasteiger partial charge in [-0.1, -0.05) is 12.1 Å². The number of hydrogen-bond donors (Lipinski definition) is 1. The van der Waals surface area contributed by atoms with Crippen molar-refractivity contribution in [3.63, 3.8) is 0 Å². The molecule has 1 N–H and O–H groups in total. The second-order valence-electron chi connectivity index (χ2n) is 11.6. The first-order chi connectivity index (χ1) is 18.8. The Labute approximate surface area is 226 Å². The van der Waals surface area contributed by atoms with E-state index in [1.807, 2.05) is 12.1 Å². The number of aromatic nitrogens is 2. The van der Waals surface area contributed by atoms with E-state index >= 15 is 0 Å². The van der Waals surface area contributed by atoms with Crippen LogP contribution in [0.4, 0.5) is 10.1 Å². The van der Waals surface area contributed by atoms with Gasteiger partial charge in [-0.15, -0.1) is 0 Å². The van der Waals surface area contributed by atoms with Crippen molar-refractivity contribution >= 4 is 17.6 Å². The minimum Gasteiger partial charge on any atom is -0.497 e. The third-order valence-corrected chi connectivity index (χ3v) is 9.08. The second kappa shape index (κ2) is 8.64. The summed E-state index contributed by atoms with van der Waals surface area (Å²) < 4.78 is 20.5. The minimum absolute atomic E-state index is 0.0465. The molecule has 0 radical (unpaired) electrons. The number of carboxylic acid groups (broad SMARTS) is 1. The van der Waals surface area contributed by atoms with Crippen molar-refractivity contribution in [2.75, 3.05) is 38.2 Å². The zero-order valence-corrected chi connectivity index (χ0v) is 21.9. The van der Waals surface area contributed by atoms with Gasteiger partial charge < -0.3 is 14.7 Å². The number of aromatic carboxylic acids is 1. The molecule has 39 heavy (non-hydrogen) atoms. The number of rotatable bonds is 7. The number of anilines is 1. The molecule has 9 heteroatoms. The number of ether oxygens (including phenoxy) is 1. The van der Waals surface area contributed by atoms with Crippen LogP contribution in [0, 0.1) is 0 Å². The van der Waals surface area contributed by atoms with Crippen LogP contribution >= 0.6 is 0 Å². The van der Waals surface area contributed by atoms with Crippen LogP contribution in [0.5, 0.6) is 5.75 Å².